The SMILES string of the molecule is CN=C(NCC(C)(C)NC(C)c1ccccc1)N(C)Cc1csc(C)n1. The summed E-state index contributed by atoms with van der Waals surface area (Å²) in [4.78, 5) is 11.0. The third kappa shape index (κ3) is 6.11. The topological polar surface area (TPSA) is 52.6 Å². The summed E-state index contributed by atoms with van der Waals surface area (Å²) in [5.41, 5.74) is 2.29. The molecule has 142 valence electrons. The second-order valence-corrected chi connectivity index (χ2v) is 8.34. The average molecular weight is 374 g/mol. The highest BCUT2D eigenvalue weighted by Gasteiger charge is 2.22. The molecule has 5 nitrogen and oxygen atoms in total. The summed E-state index contributed by atoms with van der Waals surface area (Å²) < 4.78 is 0. The predicted octanol–water partition coefficient (Wildman–Crippen LogP) is 3.59. The molecule has 6 heteroatoms. The van der Waals surface area contributed by atoms with E-state index in [4.69, 9.17) is 0 Å². The van der Waals surface area contributed by atoms with Gasteiger partial charge in [-0.2, -0.15) is 0 Å². The average Bonchev–Trinajstić information content (AvgIpc) is 3.00. The van der Waals surface area contributed by atoms with Gasteiger partial charge in [0.25, 0.3) is 0 Å². The molecule has 0 spiro atoms. The van der Waals surface area contributed by atoms with E-state index < -0.39 is 0 Å². The van der Waals surface area contributed by atoms with Crippen LogP contribution in [0.5, 0.6) is 0 Å². The summed E-state index contributed by atoms with van der Waals surface area (Å²) in [6.45, 7) is 10.2. The lowest BCUT2D eigenvalue weighted by Crippen LogP contribution is -2.52. The molecule has 2 rings (SSSR count). The molecule has 0 saturated carbocycles. The fourth-order valence-electron chi connectivity index (χ4n) is 2.95. The summed E-state index contributed by atoms with van der Waals surface area (Å²) in [6, 6.07) is 10.8. The zero-order valence-corrected chi connectivity index (χ0v) is 17.5. The Morgan fingerprint density at radius 2 is 2.00 bits per heavy atom. The number of rotatable bonds is 7. The van der Waals surface area contributed by atoms with Gasteiger partial charge in [-0.25, -0.2) is 4.98 Å². The zero-order valence-electron chi connectivity index (χ0n) is 16.7. The molecule has 1 unspecified atom stereocenters. The van der Waals surface area contributed by atoms with Crippen LogP contribution in [0.25, 0.3) is 0 Å². The number of aryl methyl sites for hydroxylation is 1. The molecule has 1 heterocycles. The molecule has 0 aliphatic carbocycles. The molecule has 1 aromatic heterocycles. The molecule has 0 saturated heterocycles. The second-order valence-electron chi connectivity index (χ2n) is 7.28. The Morgan fingerprint density at radius 3 is 2.58 bits per heavy atom. The van der Waals surface area contributed by atoms with E-state index in [0.717, 1.165) is 29.8 Å². The molecule has 0 aliphatic rings. The van der Waals surface area contributed by atoms with Crippen LogP contribution in [0.2, 0.25) is 0 Å². The van der Waals surface area contributed by atoms with Gasteiger partial charge in [0, 0.05) is 37.6 Å². The maximum absolute atomic E-state index is 4.53. The smallest absolute Gasteiger partial charge is 0.193 e. The normalized spacial score (nSPS) is 13.5. The number of benzene rings is 1. The Balaban J connectivity index is 1.89. The molecule has 0 amide bonds. The van der Waals surface area contributed by atoms with Crippen LogP contribution in [0.1, 0.15) is 43.1 Å². The maximum atomic E-state index is 4.53. The van der Waals surface area contributed by atoms with Gasteiger partial charge in [-0.3, -0.25) is 4.99 Å². The van der Waals surface area contributed by atoms with Crippen molar-refractivity contribution in [3.63, 3.8) is 0 Å². The number of hydrogen-bond acceptors (Lipinski definition) is 4. The monoisotopic (exact) mass is 373 g/mol. The van der Waals surface area contributed by atoms with Crippen molar-refractivity contribution in [2.24, 2.45) is 4.99 Å². The Morgan fingerprint density at radius 1 is 1.31 bits per heavy atom. The van der Waals surface area contributed by atoms with E-state index in [0.29, 0.717) is 0 Å². The fraction of sp³-hybridized carbons (Fsp3) is 0.500. The van der Waals surface area contributed by atoms with Crippen LogP contribution in [0.15, 0.2) is 40.7 Å². The van der Waals surface area contributed by atoms with E-state index in [1.54, 1.807) is 11.3 Å². The highest BCUT2D eigenvalue weighted by Crippen LogP contribution is 2.16. The highest BCUT2D eigenvalue weighted by molar-refractivity contribution is 7.09. The first-order valence-corrected chi connectivity index (χ1v) is 9.84. The number of thiazole rings is 1. The van der Waals surface area contributed by atoms with E-state index >= 15 is 0 Å². The first-order chi connectivity index (χ1) is 12.3. The third-order valence-corrected chi connectivity index (χ3v) is 5.06. The summed E-state index contributed by atoms with van der Waals surface area (Å²) in [5, 5.41) is 10.4. The predicted molar refractivity (Wildman–Crippen MR) is 112 cm³/mol. The maximum Gasteiger partial charge on any atom is 0.193 e. The Labute approximate surface area is 161 Å². The third-order valence-electron chi connectivity index (χ3n) is 4.23. The highest BCUT2D eigenvalue weighted by atomic mass is 32.1. The van der Waals surface area contributed by atoms with E-state index in [1.165, 1.54) is 5.56 Å². The minimum absolute atomic E-state index is 0.0801. The molecule has 1 aromatic carbocycles. The molecular formula is C20H31N5S. The largest absolute Gasteiger partial charge is 0.354 e. The zero-order chi connectivity index (χ0) is 19.2. The van der Waals surface area contributed by atoms with Crippen molar-refractivity contribution >= 4 is 17.3 Å². The molecular weight excluding hydrogens is 342 g/mol. The van der Waals surface area contributed by atoms with Gasteiger partial charge in [-0.1, -0.05) is 30.3 Å². The number of nitrogens with one attached hydrogen (secondary N) is 2. The Kier molecular flexibility index (Phi) is 7.17. The Bertz CT molecular complexity index is 708. The van der Waals surface area contributed by atoms with Gasteiger partial charge in [-0.15, -0.1) is 11.3 Å². The minimum atomic E-state index is -0.0801. The van der Waals surface area contributed by atoms with E-state index in [2.05, 4.69) is 75.9 Å². The molecule has 1 atom stereocenters. The quantitative estimate of drug-likeness (QED) is 0.575. The van der Waals surface area contributed by atoms with Crippen molar-refractivity contribution in [2.45, 2.75) is 45.8 Å². The van der Waals surface area contributed by atoms with Crippen molar-refractivity contribution in [3.8, 4) is 0 Å². The lowest BCUT2D eigenvalue weighted by molar-refractivity contribution is 0.339. The van der Waals surface area contributed by atoms with Crippen LogP contribution in [-0.4, -0.2) is 42.0 Å². The molecule has 2 N–H and O–H groups in total. The van der Waals surface area contributed by atoms with Crippen molar-refractivity contribution < 1.29 is 0 Å². The van der Waals surface area contributed by atoms with E-state index in [-0.39, 0.29) is 11.6 Å². The molecule has 0 bridgehead atoms. The van der Waals surface area contributed by atoms with Gasteiger partial charge in [0.15, 0.2) is 5.96 Å². The fourth-order valence-corrected chi connectivity index (χ4v) is 3.55. The van der Waals surface area contributed by atoms with Gasteiger partial charge in [0.2, 0.25) is 0 Å². The summed E-state index contributed by atoms with van der Waals surface area (Å²) in [5.74, 6) is 0.873. The lowest BCUT2D eigenvalue weighted by Gasteiger charge is -2.32. The first-order valence-electron chi connectivity index (χ1n) is 8.96. The summed E-state index contributed by atoms with van der Waals surface area (Å²) in [6.07, 6.45) is 0. The van der Waals surface area contributed by atoms with Crippen LogP contribution < -0.4 is 10.6 Å². The minimum Gasteiger partial charge on any atom is -0.354 e. The van der Waals surface area contributed by atoms with Crippen molar-refractivity contribution in [2.75, 3.05) is 20.6 Å². The first kappa shape index (κ1) is 20.4. The molecule has 26 heavy (non-hydrogen) atoms. The van der Waals surface area contributed by atoms with Crippen molar-refractivity contribution in [1.29, 1.82) is 0 Å². The van der Waals surface area contributed by atoms with Gasteiger partial charge >= 0.3 is 0 Å². The number of hydrogen-bond donors (Lipinski definition) is 2. The second kappa shape index (κ2) is 9.14. The van der Waals surface area contributed by atoms with Gasteiger partial charge in [0.05, 0.1) is 17.2 Å². The summed E-state index contributed by atoms with van der Waals surface area (Å²) in [7, 11) is 3.86. The molecule has 0 aliphatic heterocycles. The molecule has 0 fully saturated rings. The van der Waals surface area contributed by atoms with Crippen LogP contribution in [-0.2, 0) is 6.54 Å². The number of nitrogens with zero attached hydrogens (tertiary/aromatic N) is 3. The standard InChI is InChI=1S/C20H31N5S/c1-15(17-10-8-7-9-11-17)24-20(3,4)14-22-19(21-5)25(6)12-18-13-26-16(2)23-18/h7-11,13,15,24H,12,14H2,1-6H3,(H,21,22). The van der Waals surface area contributed by atoms with E-state index in [1.807, 2.05) is 27.1 Å². The van der Waals surface area contributed by atoms with Crippen molar-refractivity contribution in [1.82, 2.24) is 20.5 Å². The van der Waals surface area contributed by atoms with E-state index in [9.17, 15) is 0 Å². The van der Waals surface area contributed by atoms with Crippen LogP contribution in [0, 0.1) is 6.92 Å². The Hall–Kier alpha value is -1.92. The molecule has 2 aromatic rings. The number of aliphatic imine (C=N–C) groups is 1. The lowest BCUT2D eigenvalue weighted by atomic mass is 10.0. The number of aromatic nitrogens is 1. The van der Waals surface area contributed by atoms with Gasteiger partial charge in [0.1, 0.15) is 0 Å². The summed E-state index contributed by atoms with van der Waals surface area (Å²) >= 11 is 1.68. The van der Waals surface area contributed by atoms with Crippen LogP contribution >= 0.6 is 11.3 Å². The van der Waals surface area contributed by atoms with Crippen LogP contribution in [0.3, 0.4) is 0 Å². The van der Waals surface area contributed by atoms with Gasteiger partial charge < -0.3 is 15.5 Å². The number of guanidine groups is 1. The van der Waals surface area contributed by atoms with Crippen molar-refractivity contribution in [3.05, 3.63) is 52.0 Å². The molecule has 0 radical (unpaired) electrons. The van der Waals surface area contributed by atoms with Crippen LogP contribution in [0.4, 0.5) is 0 Å². The van der Waals surface area contributed by atoms with Gasteiger partial charge in [-0.05, 0) is 33.3 Å².